The van der Waals surface area contributed by atoms with Gasteiger partial charge in [-0.2, -0.15) is 4.31 Å². The number of ether oxygens (including phenoxy) is 1. The summed E-state index contributed by atoms with van der Waals surface area (Å²) in [7, 11) is -3.67. The molecule has 0 unspecified atom stereocenters. The zero-order valence-corrected chi connectivity index (χ0v) is 19.5. The molecule has 0 aliphatic carbocycles. The van der Waals surface area contributed by atoms with Crippen molar-refractivity contribution in [1.82, 2.24) is 4.31 Å². The number of hydrogen-bond donors (Lipinski definition) is 1. The molecule has 0 aromatic heterocycles. The Morgan fingerprint density at radius 3 is 2.43 bits per heavy atom. The fourth-order valence-corrected chi connectivity index (χ4v) is 5.29. The molecule has 2 aromatic rings. The number of carbonyl (C=O) groups excluding carboxylic acids is 1. The third kappa shape index (κ3) is 4.85. The molecule has 30 heavy (non-hydrogen) atoms. The van der Waals surface area contributed by atoms with Crippen LogP contribution in [0.3, 0.4) is 0 Å². The van der Waals surface area contributed by atoms with Gasteiger partial charge in [-0.15, -0.1) is 0 Å². The zero-order chi connectivity index (χ0) is 21.7. The lowest BCUT2D eigenvalue weighted by atomic mass is 10.2. The molecule has 1 amide bonds. The van der Waals surface area contributed by atoms with E-state index in [1.165, 1.54) is 4.31 Å². The van der Waals surface area contributed by atoms with Crippen molar-refractivity contribution >= 4 is 43.2 Å². The van der Waals surface area contributed by atoms with Gasteiger partial charge in [0.05, 0.1) is 35.0 Å². The van der Waals surface area contributed by atoms with Crippen LogP contribution in [0, 0.1) is 0 Å². The van der Waals surface area contributed by atoms with Crippen LogP contribution in [-0.2, 0) is 14.8 Å². The van der Waals surface area contributed by atoms with Crippen molar-refractivity contribution in [3.05, 3.63) is 52.5 Å². The van der Waals surface area contributed by atoms with E-state index in [4.69, 9.17) is 4.74 Å². The molecule has 3 rings (SSSR count). The second kappa shape index (κ2) is 9.91. The van der Waals surface area contributed by atoms with Crippen molar-refractivity contribution in [2.75, 3.05) is 49.6 Å². The molecule has 1 fully saturated rings. The molecule has 9 heteroatoms. The fraction of sp³-hybridized carbons (Fsp3) is 0.381. The predicted molar refractivity (Wildman–Crippen MR) is 122 cm³/mol. The van der Waals surface area contributed by atoms with E-state index in [9.17, 15) is 13.2 Å². The van der Waals surface area contributed by atoms with Crippen LogP contribution >= 0.6 is 15.9 Å². The summed E-state index contributed by atoms with van der Waals surface area (Å²) < 4.78 is 33.6. The Morgan fingerprint density at radius 2 is 1.80 bits per heavy atom. The SMILES string of the molecule is CCN(CC)c1ccc(S(=O)(=O)N2CCOCC2)cc1NC(=O)c1ccccc1Br. The normalized spacial score (nSPS) is 15.0. The van der Waals surface area contributed by atoms with Gasteiger partial charge in [-0.25, -0.2) is 8.42 Å². The molecule has 0 bridgehead atoms. The van der Waals surface area contributed by atoms with Crippen LogP contribution in [0.1, 0.15) is 24.2 Å². The Balaban J connectivity index is 2.00. The summed E-state index contributed by atoms with van der Waals surface area (Å²) in [6.07, 6.45) is 0. The number of sulfonamides is 1. The number of benzene rings is 2. The first-order valence-electron chi connectivity index (χ1n) is 9.91. The van der Waals surface area contributed by atoms with Crippen LogP contribution in [0.4, 0.5) is 11.4 Å². The van der Waals surface area contributed by atoms with E-state index in [0.717, 1.165) is 18.8 Å². The average molecular weight is 496 g/mol. The lowest BCUT2D eigenvalue weighted by Gasteiger charge is -2.28. The Morgan fingerprint density at radius 1 is 1.13 bits per heavy atom. The summed E-state index contributed by atoms with van der Waals surface area (Å²) >= 11 is 3.40. The summed E-state index contributed by atoms with van der Waals surface area (Å²) in [6.45, 7) is 6.87. The number of halogens is 1. The highest BCUT2D eigenvalue weighted by molar-refractivity contribution is 9.10. The largest absolute Gasteiger partial charge is 0.379 e. The zero-order valence-electron chi connectivity index (χ0n) is 17.1. The van der Waals surface area contributed by atoms with Crippen molar-refractivity contribution in [2.45, 2.75) is 18.7 Å². The van der Waals surface area contributed by atoms with Crippen LogP contribution < -0.4 is 10.2 Å². The molecule has 7 nitrogen and oxygen atoms in total. The Kier molecular flexibility index (Phi) is 7.51. The third-order valence-electron chi connectivity index (χ3n) is 5.05. The molecule has 0 radical (unpaired) electrons. The highest BCUT2D eigenvalue weighted by Gasteiger charge is 2.27. The first kappa shape index (κ1) is 22.7. The smallest absolute Gasteiger partial charge is 0.256 e. The number of carbonyl (C=O) groups is 1. The number of rotatable bonds is 7. The second-order valence-corrected chi connectivity index (χ2v) is 9.59. The van der Waals surface area contributed by atoms with Crippen molar-refractivity contribution in [3.8, 4) is 0 Å². The highest BCUT2D eigenvalue weighted by Crippen LogP contribution is 2.31. The number of morpholine rings is 1. The maximum absolute atomic E-state index is 13.1. The predicted octanol–water partition coefficient (Wildman–Crippen LogP) is 3.57. The van der Waals surface area contributed by atoms with Gasteiger partial charge in [0.1, 0.15) is 0 Å². The maximum atomic E-state index is 13.1. The monoisotopic (exact) mass is 495 g/mol. The minimum atomic E-state index is -3.67. The molecule has 1 heterocycles. The van der Waals surface area contributed by atoms with Crippen molar-refractivity contribution in [3.63, 3.8) is 0 Å². The number of nitrogens with zero attached hydrogens (tertiary/aromatic N) is 2. The molecular formula is C21H26BrN3O4S. The Bertz CT molecular complexity index is 1000. The van der Waals surface area contributed by atoms with Gasteiger partial charge in [0.2, 0.25) is 10.0 Å². The van der Waals surface area contributed by atoms with Gasteiger partial charge in [-0.05, 0) is 60.1 Å². The molecule has 162 valence electrons. The van der Waals surface area contributed by atoms with Gasteiger partial charge in [0.25, 0.3) is 5.91 Å². The maximum Gasteiger partial charge on any atom is 0.256 e. The fourth-order valence-electron chi connectivity index (χ4n) is 3.39. The van der Waals surface area contributed by atoms with Gasteiger partial charge in [0.15, 0.2) is 0 Å². The van der Waals surface area contributed by atoms with Gasteiger partial charge in [-0.1, -0.05) is 12.1 Å². The summed E-state index contributed by atoms with van der Waals surface area (Å²) in [4.78, 5) is 15.1. The molecular weight excluding hydrogens is 470 g/mol. The summed E-state index contributed by atoms with van der Waals surface area (Å²) in [6, 6.07) is 12.0. The summed E-state index contributed by atoms with van der Waals surface area (Å²) in [5, 5.41) is 2.91. The van der Waals surface area contributed by atoms with E-state index in [2.05, 4.69) is 26.1 Å². The standard InChI is InChI=1S/C21H26BrN3O4S/c1-3-24(4-2)20-10-9-16(30(27,28)25-11-13-29-14-12-25)15-19(20)23-21(26)17-7-5-6-8-18(17)22/h5-10,15H,3-4,11-14H2,1-2H3,(H,23,26). The van der Waals surface area contributed by atoms with Crippen LogP contribution in [-0.4, -0.2) is 58.0 Å². The minimum absolute atomic E-state index is 0.155. The van der Waals surface area contributed by atoms with Crippen molar-refractivity contribution in [1.29, 1.82) is 0 Å². The molecule has 0 saturated carbocycles. The van der Waals surface area contributed by atoms with Gasteiger partial charge < -0.3 is 15.0 Å². The van der Waals surface area contributed by atoms with Crippen LogP contribution in [0.15, 0.2) is 51.8 Å². The summed E-state index contributed by atoms with van der Waals surface area (Å²) in [5.41, 5.74) is 1.72. The molecule has 1 aliphatic heterocycles. The van der Waals surface area contributed by atoms with E-state index in [1.54, 1.807) is 36.4 Å². The van der Waals surface area contributed by atoms with Crippen LogP contribution in [0.2, 0.25) is 0 Å². The molecule has 1 N–H and O–H groups in total. The van der Waals surface area contributed by atoms with Crippen molar-refractivity contribution < 1.29 is 17.9 Å². The first-order chi connectivity index (χ1) is 14.4. The van der Waals surface area contributed by atoms with Gasteiger partial charge in [-0.3, -0.25) is 4.79 Å². The topological polar surface area (TPSA) is 79.0 Å². The van der Waals surface area contributed by atoms with E-state index >= 15 is 0 Å². The highest BCUT2D eigenvalue weighted by atomic mass is 79.9. The lowest BCUT2D eigenvalue weighted by molar-refractivity contribution is 0.0730. The van der Waals surface area contributed by atoms with Crippen LogP contribution in [0.25, 0.3) is 0 Å². The molecule has 0 atom stereocenters. The van der Waals surface area contributed by atoms with E-state index in [0.29, 0.717) is 42.0 Å². The van der Waals surface area contributed by atoms with Crippen LogP contribution in [0.5, 0.6) is 0 Å². The number of amides is 1. The molecule has 0 spiro atoms. The van der Waals surface area contributed by atoms with Gasteiger partial charge >= 0.3 is 0 Å². The minimum Gasteiger partial charge on any atom is -0.379 e. The average Bonchev–Trinajstić information content (AvgIpc) is 2.76. The quantitative estimate of drug-likeness (QED) is 0.634. The van der Waals surface area contributed by atoms with E-state index < -0.39 is 10.0 Å². The summed E-state index contributed by atoms with van der Waals surface area (Å²) in [5.74, 6) is -0.309. The number of nitrogens with one attached hydrogen (secondary N) is 1. The third-order valence-corrected chi connectivity index (χ3v) is 7.63. The Hall–Kier alpha value is -1.94. The van der Waals surface area contributed by atoms with Crippen molar-refractivity contribution in [2.24, 2.45) is 0 Å². The lowest BCUT2D eigenvalue weighted by Crippen LogP contribution is -2.40. The number of anilines is 2. The molecule has 1 aliphatic rings. The number of hydrogen-bond acceptors (Lipinski definition) is 5. The molecule has 1 saturated heterocycles. The van der Waals surface area contributed by atoms with E-state index in [1.807, 2.05) is 19.9 Å². The first-order valence-corrected chi connectivity index (χ1v) is 12.1. The second-order valence-electron chi connectivity index (χ2n) is 6.80. The Labute approximate surface area is 186 Å². The van der Waals surface area contributed by atoms with E-state index in [-0.39, 0.29) is 10.8 Å². The molecule has 2 aromatic carbocycles. The van der Waals surface area contributed by atoms with Gasteiger partial charge in [0, 0.05) is 30.7 Å².